The number of nitrogens with zero attached hydrogens (tertiary/aromatic N) is 5. The van der Waals surface area contributed by atoms with E-state index in [4.69, 9.17) is 37.4 Å². The second-order valence-electron chi connectivity index (χ2n) is 10.8. The van der Waals surface area contributed by atoms with Gasteiger partial charge in [0.2, 0.25) is 5.79 Å². The summed E-state index contributed by atoms with van der Waals surface area (Å²) in [5, 5.41) is 10.8. The molecule has 6 rings (SSSR count). The highest BCUT2D eigenvalue weighted by molar-refractivity contribution is 6.35. The van der Waals surface area contributed by atoms with Gasteiger partial charge in [-0.3, -0.25) is 0 Å². The monoisotopic (exact) mass is 651 g/mol. The fourth-order valence-electron chi connectivity index (χ4n) is 5.54. The Hall–Kier alpha value is -4.03. The van der Waals surface area contributed by atoms with Crippen LogP contribution in [0, 0.1) is 0 Å². The minimum absolute atomic E-state index is 0.197. The van der Waals surface area contributed by atoms with Crippen molar-refractivity contribution in [2.24, 2.45) is 0 Å². The highest BCUT2D eigenvalue weighted by atomic mass is 35.5. The number of aromatic nitrogens is 3. The summed E-state index contributed by atoms with van der Waals surface area (Å²) in [6.07, 6.45) is 2.74. The largest absolute Gasteiger partial charge is 0.491 e. The number of hydrogen-bond acceptors (Lipinski definition) is 8. The number of hydrogen-bond donors (Lipinski definition) is 2. The Balaban J connectivity index is 1.01. The van der Waals surface area contributed by atoms with E-state index in [9.17, 15) is 4.79 Å². The van der Waals surface area contributed by atoms with Gasteiger partial charge in [-0.2, -0.15) is 5.10 Å². The maximum atomic E-state index is 11.8. The molecule has 1 aromatic heterocycles. The smallest absolute Gasteiger partial charge is 0.319 e. The van der Waals surface area contributed by atoms with Gasteiger partial charge in [-0.15, -0.1) is 0 Å². The summed E-state index contributed by atoms with van der Waals surface area (Å²) in [4.78, 5) is 20.5. The topological polar surface area (TPSA) is 106 Å². The van der Waals surface area contributed by atoms with Crippen LogP contribution in [0.25, 0.3) is 0 Å². The maximum Gasteiger partial charge on any atom is 0.319 e. The third-order valence-corrected chi connectivity index (χ3v) is 8.33. The maximum absolute atomic E-state index is 11.8. The molecule has 0 radical (unpaired) electrons. The van der Waals surface area contributed by atoms with Crippen molar-refractivity contribution in [2.75, 3.05) is 61.1 Å². The van der Waals surface area contributed by atoms with E-state index in [1.165, 1.54) is 6.33 Å². The van der Waals surface area contributed by atoms with Gasteiger partial charge in [0, 0.05) is 60.4 Å². The summed E-state index contributed by atoms with van der Waals surface area (Å²) in [5.74, 6) is -0.403. The Morgan fingerprint density at radius 3 is 2.31 bits per heavy atom. The minimum atomic E-state index is -1.15. The summed E-state index contributed by atoms with van der Waals surface area (Å²) in [6, 6.07) is 21.1. The van der Waals surface area contributed by atoms with Crippen LogP contribution in [0.4, 0.5) is 21.9 Å². The zero-order valence-electron chi connectivity index (χ0n) is 24.9. The molecule has 2 fully saturated rings. The lowest BCUT2D eigenvalue weighted by Crippen LogP contribution is -2.46. The number of rotatable bonds is 10. The normalized spacial score (nSPS) is 19.8. The first kappa shape index (κ1) is 31.0. The molecule has 2 N–H and O–H groups in total. The predicted molar refractivity (Wildman–Crippen MR) is 174 cm³/mol. The fourth-order valence-corrected chi connectivity index (χ4v) is 6.09. The van der Waals surface area contributed by atoms with Gasteiger partial charge in [-0.05, 0) is 67.6 Å². The molecule has 236 valence electrons. The minimum Gasteiger partial charge on any atom is -0.491 e. The molecule has 3 heterocycles. The molecule has 0 bridgehead atoms. The molecule has 13 heteroatoms. The summed E-state index contributed by atoms with van der Waals surface area (Å²) in [5.41, 5.74) is 3.73. The van der Waals surface area contributed by atoms with Gasteiger partial charge >= 0.3 is 6.03 Å². The first-order valence-electron chi connectivity index (χ1n) is 14.9. The quantitative estimate of drug-likeness (QED) is 0.235. The van der Waals surface area contributed by atoms with Crippen molar-refractivity contribution in [3.05, 3.63) is 95.0 Å². The van der Waals surface area contributed by atoms with Crippen LogP contribution in [0.2, 0.25) is 10.0 Å². The van der Waals surface area contributed by atoms with E-state index in [0.29, 0.717) is 35.4 Å². The van der Waals surface area contributed by atoms with Gasteiger partial charge in [0.1, 0.15) is 37.7 Å². The molecule has 0 spiro atoms. The van der Waals surface area contributed by atoms with Gasteiger partial charge < -0.3 is 34.6 Å². The summed E-state index contributed by atoms with van der Waals surface area (Å²) in [7, 11) is 0. The number of carbonyl (C=O) groups is 1. The molecule has 2 aliphatic rings. The van der Waals surface area contributed by atoms with Crippen LogP contribution in [-0.2, 0) is 21.8 Å². The van der Waals surface area contributed by atoms with Crippen LogP contribution in [0.3, 0.4) is 0 Å². The number of amides is 2. The Morgan fingerprint density at radius 2 is 1.69 bits per heavy atom. The van der Waals surface area contributed by atoms with E-state index in [1.54, 1.807) is 23.1 Å². The van der Waals surface area contributed by atoms with E-state index in [-0.39, 0.29) is 18.7 Å². The number of nitrogens with one attached hydrogen (secondary N) is 2. The molecular formula is C32H35Cl2N7O4. The molecule has 0 saturated carbocycles. The van der Waals surface area contributed by atoms with E-state index >= 15 is 0 Å². The van der Waals surface area contributed by atoms with Crippen LogP contribution in [0.15, 0.2) is 79.4 Å². The van der Waals surface area contributed by atoms with Gasteiger partial charge in [0.05, 0.1) is 11.6 Å². The number of urea groups is 1. The Labute approximate surface area is 272 Å². The summed E-state index contributed by atoms with van der Waals surface area (Å²) >= 11 is 12.7. The fraction of sp³-hybridized carbons (Fsp3) is 0.344. The molecule has 2 amide bonds. The summed E-state index contributed by atoms with van der Waals surface area (Å²) < 4.78 is 20.5. The molecule has 2 aliphatic heterocycles. The van der Waals surface area contributed by atoms with Crippen LogP contribution < -0.4 is 25.2 Å². The van der Waals surface area contributed by atoms with E-state index in [0.717, 1.165) is 49.0 Å². The van der Waals surface area contributed by atoms with E-state index < -0.39 is 5.79 Å². The number of anilines is 3. The number of piperazine rings is 1. The standard InChI is InChI=1S/C32H35Cl2N7O4/c1-2-36-31(42)38-24-4-6-25(7-5-24)39-13-15-40(16-14-39)26-8-10-27(11-9-26)43-18-28-19-44-32(45-28,20-41-22-35-21-37-41)29-12-3-23(33)17-30(29)34/h3-12,17,21-22,28H,2,13-16,18-20H2,1H3,(H2,36,38,42)/t28-,32-/m1/s1. The van der Waals surface area contributed by atoms with Gasteiger partial charge in [-0.1, -0.05) is 29.3 Å². The van der Waals surface area contributed by atoms with E-state index in [2.05, 4.69) is 42.6 Å². The van der Waals surface area contributed by atoms with Crippen molar-refractivity contribution in [1.29, 1.82) is 0 Å². The lowest BCUT2D eigenvalue weighted by molar-refractivity contribution is -0.190. The van der Waals surface area contributed by atoms with Crippen molar-refractivity contribution in [1.82, 2.24) is 20.1 Å². The molecule has 4 aromatic rings. The Kier molecular flexibility index (Phi) is 9.60. The SMILES string of the molecule is CCNC(=O)Nc1ccc(N2CCN(c3ccc(OC[C@@H]4CO[C@@](Cn5cncn5)(c5ccc(Cl)cc5Cl)O4)cc3)CC2)cc1. The van der Waals surface area contributed by atoms with E-state index in [1.807, 2.05) is 49.4 Å². The average molecular weight is 653 g/mol. The highest BCUT2D eigenvalue weighted by Gasteiger charge is 2.45. The molecule has 2 saturated heterocycles. The first-order valence-corrected chi connectivity index (χ1v) is 15.6. The van der Waals surface area contributed by atoms with Crippen molar-refractivity contribution >= 4 is 46.3 Å². The van der Waals surface area contributed by atoms with Gasteiger partial charge in [0.25, 0.3) is 0 Å². The third-order valence-electron chi connectivity index (χ3n) is 7.78. The molecule has 11 nitrogen and oxygen atoms in total. The molecule has 3 aromatic carbocycles. The van der Waals surface area contributed by atoms with Gasteiger partial charge in [0.15, 0.2) is 0 Å². The number of carbonyl (C=O) groups excluding carboxylic acids is 1. The number of ether oxygens (including phenoxy) is 3. The second-order valence-corrected chi connectivity index (χ2v) is 11.7. The lowest BCUT2D eigenvalue weighted by Gasteiger charge is -2.37. The summed E-state index contributed by atoms with van der Waals surface area (Å²) in [6.45, 7) is 6.96. The van der Waals surface area contributed by atoms with Crippen LogP contribution in [0.1, 0.15) is 12.5 Å². The first-order chi connectivity index (χ1) is 21.9. The Bertz CT molecular complexity index is 1570. The molecule has 2 atom stereocenters. The molecule has 0 unspecified atom stereocenters. The molecule has 0 aliphatic carbocycles. The van der Waals surface area contributed by atoms with Crippen molar-refractivity contribution in [3.63, 3.8) is 0 Å². The highest BCUT2D eigenvalue weighted by Crippen LogP contribution is 2.40. The Morgan fingerprint density at radius 1 is 1.00 bits per heavy atom. The van der Waals surface area contributed by atoms with Crippen molar-refractivity contribution in [3.8, 4) is 5.75 Å². The predicted octanol–water partition coefficient (Wildman–Crippen LogP) is 5.40. The zero-order valence-corrected chi connectivity index (χ0v) is 26.4. The van der Waals surface area contributed by atoms with Crippen molar-refractivity contribution < 1.29 is 19.0 Å². The van der Waals surface area contributed by atoms with Gasteiger partial charge in [-0.25, -0.2) is 14.5 Å². The number of benzene rings is 3. The molecule has 45 heavy (non-hydrogen) atoms. The van der Waals surface area contributed by atoms with Crippen LogP contribution in [-0.4, -0.2) is 72.8 Å². The third kappa shape index (κ3) is 7.45. The van der Waals surface area contributed by atoms with Crippen LogP contribution in [0.5, 0.6) is 5.75 Å². The second kappa shape index (κ2) is 13.9. The zero-order chi connectivity index (χ0) is 31.2. The van der Waals surface area contributed by atoms with Crippen molar-refractivity contribution in [2.45, 2.75) is 25.4 Å². The number of halogens is 2. The lowest BCUT2D eigenvalue weighted by atomic mass is 10.1. The van der Waals surface area contributed by atoms with Crippen LogP contribution >= 0.6 is 23.2 Å². The molecular weight excluding hydrogens is 617 g/mol. The average Bonchev–Trinajstić information content (AvgIpc) is 3.71.